The van der Waals surface area contributed by atoms with Crippen molar-refractivity contribution in [3.63, 3.8) is 0 Å². The van der Waals surface area contributed by atoms with E-state index in [1.54, 1.807) is 0 Å². The standard InChI is InChI=1S/C48H97NO4/c1-2-3-4-5-6-7-8-24-27-30-33-36-39-42-47(52)46(45-51)49-48(53)43-40-37-34-31-28-25-22-20-18-16-14-12-10-9-11-13-15-17-19-21-23-26-29-32-35-38-41-44-50/h46-47,50-52H,2-45H2,1H3,(H,49,53). The average molecular weight is 752 g/mol. The Kier molecular flexibility index (Phi) is 45.2. The molecule has 0 heterocycles. The van der Waals surface area contributed by atoms with E-state index in [0.717, 1.165) is 32.1 Å². The van der Waals surface area contributed by atoms with E-state index in [2.05, 4.69) is 12.2 Å². The molecular weight excluding hydrogens is 655 g/mol. The molecule has 0 aromatic heterocycles. The lowest BCUT2D eigenvalue weighted by Gasteiger charge is -2.22. The van der Waals surface area contributed by atoms with E-state index in [1.165, 1.54) is 225 Å². The van der Waals surface area contributed by atoms with E-state index < -0.39 is 12.1 Å². The number of aliphatic hydroxyl groups excluding tert-OH is 3. The molecule has 0 aliphatic rings. The fraction of sp³-hybridized carbons (Fsp3) is 0.979. The van der Waals surface area contributed by atoms with Gasteiger partial charge in [0.15, 0.2) is 0 Å². The van der Waals surface area contributed by atoms with Gasteiger partial charge >= 0.3 is 0 Å². The first-order valence-electron chi connectivity index (χ1n) is 24.3. The predicted octanol–water partition coefficient (Wildman–Crippen LogP) is 14.2. The Bertz CT molecular complexity index is 688. The minimum absolute atomic E-state index is 0.0289. The molecule has 5 heteroatoms. The van der Waals surface area contributed by atoms with Crippen LogP contribution in [0.5, 0.6) is 0 Å². The molecule has 53 heavy (non-hydrogen) atoms. The minimum atomic E-state index is -0.656. The van der Waals surface area contributed by atoms with Crippen LogP contribution in [-0.4, -0.2) is 46.6 Å². The van der Waals surface area contributed by atoms with Crippen LogP contribution >= 0.6 is 0 Å². The lowest BCUT2D eigenvalue weighted by Crippen LogP contribution is -2.45. The molecule has 0 rings (SSSR count). The third kappa shape index (κ3) is 42.3. The topological polar surface area (TPSA) is 89.8 Å². The van der Waals surface area contributed by atoms with Gasteiger partial charge in [-0.1, -0.05) is 251 Å². The van der Waals surface area contributed by atoms with Gasteiger partial charge < -0.3 is 20.6 Å². The zero-order valence-electron chi connectivity index (χ0n) is 36.0. The van der Waals surface area contributed by atoms with E-state index in [1.807, 2.05) is 0 Å². The molecule has 318 valence electrons. The highest BCUT2D eigenvalue weighted by Gasteiger charge is 2.20. The summed E-state index contributed by atoms with van der Waals surface area (Å²) in [5, 5.41) is 32.0. The van der Waals surface area contributed by atoms with E-state index >= 15 is 0 Å². The highest BCUT2D eigenvalue weighted by atomic mass is 16.3. The molecule has 0 saturated heterocycles. The summed E-state index contributed by atoms with van der Waals surface area (Å²) in [6.07, 6.45) is 53.6. The lowest BCUT2D eigenvalue weighted by atomic mass is 10.0. The van der Waals surface area contributed by atoms with Gasteiger partial charge in [0.1, 0.15) is 0 Å². The van der Waals surface area contributed by atoms with Gasteiger partial charge in [0.25, 0.3) is 0 Å². The molecule has 0 saturated carbocycles. The number of hydrogen-bond acceptors (Lipinski definition) is 4. The van der Waals surface area contributed by atoms with Gasteiger partial charge in [0.2, 0.25) is 5.91 Å². The van der Waals surface area contributed by atoms with Gasteiger partial charge in [-0.05, 0) is 19.3 Å². The third-order valence-corrected chi connectivity index (χ3v) is 11.7. The molecule has 2 atom stereocenters. The number of nitrogens with one attached hydrogen (secondary N) is 1. The summed E-state index contributed by atoms with van der Waals surface area (Å²) in [7, 11) is 0. The molecule has 5 nitrogen and oxygen atoms in total. The van der Waals surface area contributed by atoms with Crippen molar-refractivity contribution in [3.8, 4) is 0 Å². The van der Waals surface area contributed by atoms with Crippen molar-refractivity contribution in [1.29, 1.82) is 0 Å². The van der Waals surface area contributed by atoms with Gasteiger partial charge in [-0.2, -0.15) is 0 Å². The summed E-state index contributed by atoms with van der Waals surface area (Å²) in [6, 6.07) is -0.533. The van der Waals surface area contributed by atoms with E-state index in [4.69, 9.17) is 5.11 Å². The second kappa shape index (κ2) is 45.7. The number of rotatable bonds is 46. The van der Waals surface area contributed by atoms with E-state index in [9.17, 15) is 15.0 Å². The van der Waals surface area contributed by atoms with Crippen molar-refractivity contribution in [2.75, 3.05) is 13.2 Å². The maximum absolute atomic E-state index is 12.4. The number of aliphatic hydroxyl groups is 3. The zero-order chi connectivity index (χ0) is 38.6. The second-order valence-electron chi connectivity index (χ2n) is 17.0. The van der Waals surface area contributed by atoms with Gasteiger partial charge in [0.05, 0.1) is 18.8 Å². The summed E-state index contributed by atoms with van der Waals surface area (Å²) >= 11 is 0. The molecule has 2 unspecified atom stereocenters. The largest absolute Gasteiger partial charge is 0.396 e. The van der Waals surface area contributed by atoms with Crippen LogP contribution in [0.4, 0.5) is 0 Å². The van der Waals surface area contributed by atoms with Gasteiger partial charge in [-0.15, -0.1) is 0 Å². The second-order valence-corrected chi connectivity index (χ2v) is 17.0. The van der Waals surface area contributed by atoms with Crippen LogP contribution in [0.1, 0.15) is 277 Å². The Labute approximate surface area is 332 Å². The molecular formula is C48H97NO4. The summed E-state index contributed by atoms with van der Waals surface area (Å²) in [5.41, 5.74) is 0. The normalized spacial score (nSPS) is 12.8. The van der Waals surface area contributed by atoms with Crippen molar-refractivity contribution in [3.05, 3.63) is 0 Å². The number of hydrogen-bond donors (Lipinski definition) is 4. The molecule has 0 spiro atoms. The van der Waals surface area contributed by atoms with Crippen molar-refractivity contribution in [2.45, 2.75) is 289 Å². The van der Waals surface area contributed by atoms with E-state index in [-0.39, 0.29) is 12.5 Å². The SMILES string of the molecule is CCCCCCCCCCCCCCCC(O)C(CO)NC(=O)CCCCCCCCCCCCCCCCCCCCCCCCCCCCCO. The molecule has 0 bridgehead atoms. The van der Waals surface area contributed by atoms with Crippen LogP contribution in [0.2, 0.25) is 0 Å². The first-order valence-corrected chi connectivity index (χ1v) is 24.3. The number of unbranched alkanes of at least 4 members (excludes halogenated alkanes) is 38. The van der Waals surface area contributed by atoms with Gasteiger partial charge in [-0.25, -0.2) is 0 Å². The fourth-order valence-corrected chi connectivity index (χ4v) is 7.93. The Morgan fingerprint density at radius 3 is 0.943 bits per heavy atom. The maximum Gasteiger partial charge on any atom is 0.220 e. The summed E-state index contributed by atoms with van der Waals surface area (Å²) in [5.74, 6) is -0.0289. The summed E-state index contributed by atoms with van der Waals surface area (Å²) in [6.45, 7) is 2.44. The number of carbonyl (C=O) groups excluding carboxylic acids is 1. The summed E-state index contributed by atoms with van der Waals surface area (Å²) < 4.78 is 0. The fourth-order valence-electron chi connectivity index (χ4n) is 7.93. The van der Waals surface area contributed by atoms with Crippen LogP contribution in [0, 0.1) is 0 Å². The minimum Gasteiger partial charge on any atom is -0.396 e. The van der Waals surface area contributed by atoms with Crippen LogP contribution in [0.25, 0.3) is 0 Å². The van der Waals surface area contributed by atoms with Crippen molar-refractivity contribution in [1.82, 2.24) is 5.32 Å². The molecule has 0 fully saturated rings. The molecule has 1 amide bonds. The highest BCUT2D eigenvalue weighted by Crippen LogP contribution is 2.17. The molecule has 0 aliphatic heterocycles. The quantitative estimate of drug-likeness (QED) is 0.0466. The lowest BCUT2D eigenvalue weighted by molar-refractivity contribution is -0.123. The smallest absolute Gasteiger partial charge is 0.220 e. The number of carbonyl (C=O) groups is 1. The zero-order valence-corrected chi connectivity index (χ0v) is 36.0. The Hall–Kier alpha value is -0.650. The van der Waals surface area contributed by atoms with Gasteiger partial charge in [0, 0.05) is 13.0 Å². The van der Waals surface area contributed by atoms with Gasteiger partial charge in [-0.3, -0.25) is 4.79 Å². The van der Waals surface area contributed by atoms with Crippen LogP contribution in [0.15, 0.2) is 0 Å². The molecule has 0 aliphatic carbocycles. The predicted molar refractivity (Wildman–Crippen MR) is 232 cm³/mol. The maximum atomic E-state index is 12.4. The average Bonchev–Trinajstić information content (AvgIpc) is 3.16. The monoisotopic (exact) mass is 752 g/mol. The summed E-state index contributed by atoms with van der Waals surface area (Å²) in [4.78, 5) is 12.4. The van der Waals surface area contributed by atoms with Crippen LogP contribution in [-0.2, 0) is 4.79 Å². The Morgan fingerprint density at radius 2 is 0.660 bits per heavy atom. The molecule has 0 radical (unpaired) electrons. The van der Waals surface area contributed by atoms with E-state index in [0.29, 0.717) is 19.4 Å². The highest BCUT2D eigenvalue weighted by molar-refractivity contribution is 5.76. The Morgan fingerprint density at radius 1 is 0.396 bits per heavy atom. The van der Waals surface area contributed by atoms with Crippen molar-refractivity contribution >= 4 is 5.91 Å². The van der Waals surface area contributed by atoms with Crippen molar-refractivity contribution < 1.29 is 20.1 Å². The molecule has 0 aromatic rings. The first-order chi connectivity index (χ1) is 26.2. The van der Waals surface area contributed by atoms with Crippen LogP contribution < -0.4 is 5.32 Å². The Balaban J connectivity index is 3.38. The van der Waals surface area contributed by atoms with Crippen molar-refractivity contribution in [2.24, 2.45) is 0 Å². The first kappa shape index (κ1) is 52.3. The third-order valence-electron chi connectivity index (χ3n) is 11.7. The van der Waals surface area contributed by atoms with Crippen LogP contribution in [0.3, 0.4) is 0 Å². The number of amides is 1. The molecule has 4 N–H and O–H groups in total. The molecule has 0 aromatic carbocycles.